The highest BCUT2D eigenvalue weighted by Gasteiger charge is 2.24. The molecule has 0 spiro atoms. The van der Waals surface area contributed by atoms with E-state index >= 15 is 0 Å². The largest absolute Gasteiger partial charge is 0.455 e. The molecule has 1 unspecified atom stereocenters. The summed E-state index contributed by atoms with van der Waals surface area (Å²) in [5.74, 6) is 1.37. The van der Waals surface area contributed by atoms with Gasteiger partial charge in [0.2, 0.25) is 0 Å². The van der Waals surface area contributed by atoms with Gasteiger partial charge in [0.1, 0.15) is 11.2 Å². The van der Waals surface area contributed by atoms with Crippen molar-refractivity contribution < 1.29 is 14.2 Å². The molecule has 9 rings (SSSR count). The molecule has 0 saturated carbocycles. The number of allylic oxidation sites excluding steroid dienone is 2. The quantitative estimate of drug-likeness (QED) is 0.210. The van der Waals surface area contributed by atoms with Gasteiger partial charge in [-0.1, -0.05) is 109 Å². The first kappa shape index (κ1) is 25.5. The summed E-state index contributed by atoms with van der Waals surface area (Å²) in [6.45, 7) is 0. The molecule has 0 bridgehead atoms. The number of hydrogen-bond donors (Lipinski definition) is 1. The van der Waals surface area contributed by atoms with Gasteiger partial charge in [-0.25, -0.2) is 0 Å². The molecule has 2 aliphatic rings. The minimum absolute atomic E-state index is 0.0280. The Hall–Kier alpha value is -6.00. The Morgan fingerprint density at radius 3 is 1.98 bits per heavy atom. The number of para-hydroxylation sites is 2. The molecular formula is C41H27NO3. The van der Waals surface area contributed by atoms with Crippen LogP contribution in [0.15, 0.2) is 156 Å². The zero-order chi connectivity index (χ0) is 29.7. The van der Waals surface area contributed by atoms with Crippen LogP contribution >= 0.6 is 0 Å². The summed E-state index contributed by atoms with van der Waals surface area (Å²) < 4.78 is 6.37. The second kappa shape index (κ2) is 10.3. The van der Waals surface area contributed by atoms with Crippen LogP contribution in [0.25, 0.3) is 55.5 Å². The van der Waals surface area contributed by atoms with Crippen molar-refractivity contribution in [1.29, 1.82) is 0 Å². The van der Waals surface area contributed by atoms with Gasteiger partial charge in [-0.15, -0.1) is 0 Å². The van der Waals surface area contributed by atoms with Gasteiger partial charge in [0.25, 0.3) is 0 Å². The van der Waals surface area contributed by atoms with Crippen LogP contribution in [0.4, 0.5) is 0 Å². The van der Waals surface area contributed by atoms with Gasteiger partial charge in [-0.05, 0) is 70.3 Å². The lowest BCUT2D eigenvalue weighted by Gasteiger charge is -2.26. The summed E-state index contributed by atoms with van der Waals surface area (Å²) in [7, 11) is 0. The third-order valence-electron chi connectivity index (χ3n) is 8.72. The fourth-order valence-corrected chi connectivity index (χ4v) is 6.48. The summed E-state index contributed by atoms with van der Waals surface area (Å²) in [6, 6.07) is 48.1. The number of fused-ring (bicyclic) bond motifs is 6. The highest BCUT2D eigenvalue weighted by molar-refractivity contribution is 6.09. The van der Waals surface area contributed by atoms with E-state index in [9.17, 15) is 0 Å². The number of rotatable bonds is 4. The van der Waals surface area contributed by atoms with E-state index in [1.54, 1.807) is 0 Å². The summed E-state index contributed by atoms with van der Waals surface area (Å²) in [4.78, 5) is 11.5. The Labute approximate surface area is 260 Å². The summed E-state index contributed by atoms with van der Waals surface area (Å²) in [6.07, 6.45) is 4.53. The van der Waals surface area contributed by atoms with E-state index in [-0.39, 0.29) is 6.04 Å². The lowest BCUT2D eigenvalue weighted by atomic mass is 9.90. The molecular weight excluding hydrogens is 554 g/mol. The Morgan fingerprint density at radius 1 is 0.511 bits per heavy atom. The standard InChI is InChI=1S/C41H27NO3/c1-3-10-26(11-4-1)36-24-30(25-37(42-36)27-12-5-2-6-13-27)28-18-20-39-34(22-28)35-23-29(19-21-40(35)45-44-39)31-15-9-16-33-32-14-7-8-17-38(32)43-41(31)33/h1-25,36,42H. The monoisotopic (exact) mass is 581 g/mol. The highest BCUT2D eigenvalue weighted by atomic mass is 17.2. The SMILES string of the molecule is C1=C(c2ccc3c(c2)-c2cc(-c4cccc5c4oc4ccccc45)ccc2OO3)C=C(c2ccccc2)NC1c1ccccc1. The fourth-order valence-electron chi connectivity index (χ4n) is 6.48. The Bertz CT molecular complexity index is 2300. The zero-order valence-electron chi connectivity index (χ0n) is 24.2. The van der Waals surface area contributed by atoms with E-state index < -0.39 is 0 Å². The predicted molar refractivity (Wildman–Crippen MR) is 181 cm³/mol. The van der Waals surface area contributed by atoms with Crippen molar-refractivity contribution in [3.63, 3.8) is 0 Å². The molecule has 7 aromatic rings. The van der Waals surface area contributed by atoms with Crippen LogP contribution in [0.2, 0.25) is 0 Å². The average Bonchev–Trinajstić information content (AvgIpc) is 3.51. The molecule has 6 aromatic carbocycles. The fraction of sp³-hybridized carbons (Fsp3) is 0.0244. The topological polar surface area (TPSA) is 43.6 Å². The van der Waals surface area contributed by atoms with Crippen LogP contribution in [-0.4, -0.2) is 0 Å². The first-order valence-electron chi connectivity index (χ1n) is 15.1. The van der Waals surface area contributed by atoms with E-state index in [1.165, 1.54) is 5.56 Å². The lowest BCUT2D eigenvalue weighted by molar-refractivity contribution is -0.102. The van der Waals surface area contributed by atoms with Crippen LogP contribution in [0.3, 0.4) is 0 Å². The molecule has 1 aromatic heterocycles. The molecule has 0 aliphatic carbocycles. The van der Waals surface area contributed by atoms with E-state index in [2.05, 4.69) is 121 Å². The van der Waals surface area contributed by atoms with Crippen molar-refractivity contribution in [3.05, 3.63) is 168 Å². The van der Waals surface area contributed by atoms with E-state index in [0.29, 0.717) is 11.5 Å². The number of dihydropyridines is 1. The lowest BCUT2D eigenvalue weighted by Crippen LogP contribution is -2.21. The van der Waals surface area contributed by atoms with Gasteiger partial charge in [0, 0.05) is 33.2 Å². The van der Waals surface area contributed by atoms with Crippen molar-refractivity contribution in [2.24, 2.45) is 0 Å². The van der Waals surface area contributed by atoms with Gasteiger partial charge >= 0.3 is 0 Å². The van der Waals surface area contributed by atoms with E-state index in [0.717, 1.165) is 66.6 Å². The van der Waals surface area contributed by atoms with Gasteiger partial charge < -0.3 is 9.73 Å². The molecule has 0 fully saturated rings. The maximum atomic E-state index is 6.37. The van der Waals surface area contributed by atoms with Gasteiger partial charge in [0.05, 0.1) is 6.04 Å². The second-order valence-electron chi connectivity index (χ2n) is 11.4. The normalized spacial score (nSPS) is 15.2. The van der Waals surface area contributed by atoms with Crippen LogP contribution in [0, 0.1) is 0 Å². The van der Waals surface area contributed by atoms with Crippen LogP contribution in [-0.2, 0) is 0 Å². The molecule has 45 heavy (non-hydrogen) atoms. The van der Waals surface area contributed by atoms with Crippen molar-refractivity contribution >= 4 is 33.2 Å². The van der Waals surface area contributed by atoms with E-state index in [1.807, 2.05) is 36.4 Å². The van der Waals surface area contributed by atoms with Crippen molar-refractivity contribution in [3.8, 4) is 33.8 Å². The predicted octanol–water partition coefficient (Wildman–Crippen LogP) is 10.4. The smallest absolute Gasteiger partial charge is 0.186 e. The number of nitrogens with one attached hydrogen (secondary N) is 1. The molecule has 0 radical (unpaired) electrons. The third-order valence-corrected chi connectivity index (χ3v) is 8.72. The van der Waals surface area contributed by atoms with Gasteiger partial charge in [-0.2, -0.15) is 0 Å². The minimum atomic E-state index is 0.0280. The maximum Gasteiger partial charge on any atom is 0.186 e. The van der Waals surface area contributed by atoms with Gasteiger partial charge in [-0.3, -0.25) is 9.78 Å². The summed E-state index contributed by atoms with van der Waals surface area (Å²) in [5, 5.41) is 5.97. The van der Waals surface area contributed by atoms with Crippen LogP contribution < -0.4 is 15.1 Å². The zero-order valence-corrected chi connectivity index (χ0v) is 24.2. The number of benzene rings is 6. The number of hydrogen-bond acceptors (Lipinski definition) is 4. The van der Waals surface area contributed by atoms with Gasteiger partial charge in [0.15, 0.2) is 11.5 Å². The Kier molecular flexibility index (Phi) is 5.85. The second-order valence-corrected chi connectivity index (χ2v) is 11.4. The average molecular weight is 582 g/mol. The molecule has 1 atom stereocenters. The summed E-state index contributed by atoms with van der Waals surface area (Å²) >= 11 is 0. The van der Waals surface area contributed by atoms with E-state index in [4.69, 9.17) is 14.2 Å². The van der Waals surface area contributed by atoms with Crippen LogP contribution in [0.1, 0.15) is 22.7 Å². The molecule has 214 valence electrons. The third kappa shape index (κ3) is 4.38. The van der Waals surface area contributed by atoms with Crippen molar-refractivity contribution in [2.75, 3.05) is 0 Å². The molecule has 0 amide bonds. The molecule has 3 heterocycles. The Morgan fingerprint density at radius 2 is 1.18 bits per heavy atom. The minimum Gasteiger partial charge on any atom is -0.455 e. The maximum absolute atomic E-state index is 6.37. The molecule has 0 saturated heterocycles. The molecule has 4 heteroatoms. The molecule has 1 N–H and O–H groups in total. The molecule has 4 nitrogen and oxygen atoms in total. The number of furan rings is 1. The Balaban J connectivity index is 1.16. The first-order valence-corrected chi connectivity index (χ1v) is 15.1. The van der Waals surface area contributed by atoms with Crippen molar-refractivity contribution in [2.45, 2.75) is 6.04 Å². The van der Waals surface area contributed by atoms with Crippen molar-refractivity contribution in [1.82, 2.24) is 5.32 Å². The summed E-state index contributed by atoms with van der Waals surface area (Å²) in [5.41, 5.74) is 11.5. The first-order chi connectivity index (χ1) is 22.3. The van der Waals surface area contributed by atoms with Crippen LogP contribution in [0.5, 0.6) is 11.5 Å². The molecule has 2 aliphatic heterocycles. The highest BCUT2D eigenvalue weighted by Crippen LogP contribution is 2.46.